The molecule has 10 aliphatic rings. The SMILES string of the molecule is C.C.C.C.C.C.ClCCBr.FC1(F)Oc2ccc(CCl)cc2O1.N#CC1(c2ccc3c(c2)OC(F)(F)O3)CC1.N#CCc1ccc2c(c1)OC(F)(F)O2.O=C(Cl)C1(c2ccc3c(c2)OC(F)(F)O3)CC1.O=C(O)C1(c2ccc3c(c2)OC(F)(F)O3)CC1.O=C(O)c1ccc2c(c1)OC(F)(F)O2.OCc1ccc2c(c1)OC(F)(F)O2.[K+].[Na+].[OH-].[OH-]. The van der Waals surface area contributed by atoms with Crippen molar-refractivity contribution in [3.8, 4) is 92.6 Å². The molecule has 118 heavy (non-hydrogen) atoms. The molecule has 7 aromatic carbocycles. The van der Waals surface area contributed by atoms with Crippen LogP contribution < -0.4 is 147 Å². The Balaban J connectivity index is 0.00000133. The molecule has 0 bridgehead atoms. The number of fused-ring (bicyclic) bond motifs is 7. The van der Waals surface area contributed by atoms with Crippen LogP contribution >= 0.6 is 50.7 Å². The summed E-state index contributed by atoms with van der Waals surface area (Å²) in [4.78, 5) is 32.9. The Labute approximate surface area is 753 Å². The molecule has 0 aromatic heterocycles. The second-order valence-electron chi connectivity index (χ2n) is 23.4. The van der Waals surface area contributed by atoms with E-state index in [2.05, 4.69) is 88.3 Å². The first-order valence-corrected chi connectivity index (χ1v) is 33.2. The van der Waals surface area contributed by atoms with Gasteiger partial charge in [0.2, 0.25) is 5.24 Å². The zero-order valence-electron chi connectivity index (χ0n) is 56.8. The van der Waals surface area contributed by atoms with Gasteiger partial charge < -0.3 is 92.6 Å². The average Bonchev–Trinajstić information content (AvgIpc) is 1.59. The number of ether oxygens (including phenoxy) is 14. The van der Waals surface area contributed by atoms with E-state index in [-0.39, 0.29) is 241 Å². The van der Waals surface area contributed by atoms with Crippen LogP contribution in [-0.4, -0.2) is 98.7 Å². The van der Waals surface area contributed by atoms with E-state index in [9.17, 15) is 75.8 Å². The van der Waals surface area contributed by atoms with Crippen LogP contribution in [0.5, 0.6) is 80.5 Å². The van der Waals surface area contributed by atoms with Gasteiger partial charge in [0.1, 0.15) is 0 Å². The Morgan fingerprint density at radius 2 is 0.661 bits per heavy atom. The molecule has 44 heteroatoms. The van der Waals surface area contributed by atoms with E-state index in [1.165, 1.54) is 84.9 Å². The molecule has 3 aliphatic carbocycles. The fraction of sp³-hybridized carbons (Fsp3) is 0.365. The molecule has 5 N–H and O–H groups in total. The number of alkyl halides is 17. The molecular formula is C74H72BrCl3F14KN2NaO22. The largest absolute Gasteiger partial charge is 1.00 e. The Morgan fingerprint density at radius 1 is 0.398 bits per heavy atom. The van der Waals surface area contributed by atoms with E-state index >= 15 is 0 Å². The Kier molecular flexibility index (Phi) is 40.3. The molecule has 638 valence electrons. The van der Waals surface area contributed by atoms with Crippen LogP contribution in [0, 0.1) is 22.7 Å². The normalized spacial score (nSPS) is 17.5. The Hall–Kier alpha value is -7.78. The van der Waals surface area contributed by atoms with Crippen molar-refractivity contribution in [1.29, 1.82) is 10.5 Å². The zero-order chi connectivity index (χ0) is 78.8. The number of nitrogens with zero attached hydrogens (tertiary/aromatic N) is 2. The maximum absolute atomic E-state index is 12.8. The minimum atomic E-state index is -3.71. The van der Waals surface area contributed by atoms with E-state index in [4.69, 9.17) is 60.6 Å². The molecule has 3 fully saturated rings. The van der Waals surface area contributed by atoms with Gasteiger partial charge in [-0.05, 0) is 175 Å². The smallest absolute Gasteiger partial charge is 0.870 e. The van der Waals surface area contributed by atoms with Gasteiger partial charge in [0.15, 0.2) is 80.5 Å². The van der Waals surface area contributed by atoms with Crippen molar-refractivity contribution < 1.29 is 249 Å². The first-order valence-electron chi connectivity index (χ1n) is 30.6. The third-order valence-electron chi connectivity index (χ3n) is 15.8. The van der Waals surface area contributed by atoms with Crippen LogP contribution in [0.15, 0.2) is 127 Å². The van der Waals surface area contributed by atoms with Gasteiger partial charge >= 0.3 is 137 Å². The molecule has 0 unspecified atom stereocenters. The number of nitriles is 2. The molecule has 7 aromatic rings. The molecule has 0 spiro atoms. The number of hydrogen-bond acceptors (Lipinski definition) is 22. The van der Waals surface area contributed by atoms with E-state index in [0.29, 0.717) is 59.4 Å². The van der Waals surface area contributed by atoms with Gasteiger partial charge in [0, 0.05) is 17.1 Å². The second-order valence-corrected chi connectivity index (χ2v) is 25.2. The van der Waals surface area contributed by atoms with E-state index in [1.54, 1.807) is 24.3 Å². The first-order chi connectivity index (χ1) is 50.6. The average molecular weight is 1860 g/mol. The number of aliphatic carboxylic acids is 1. The molecule has 0 amide bonds. The molecule has 17 rings (SSSR count). The van der Waals surface area contributed by atoms with Crippen molar-refractivity contribution in [2.75, 3.05) is 11.2 Å². The zero-order valence-corrected chi connectivity index (χ0v) is 65.8. The fourth-order valence-electron chi connectivity index (χ4n) is 10.2. The summed E-state index contributed by atoms with van der Waals surface area (Å²) >= 11 is 19.3. The van der Waals surface area contributed by atoms with Gasteiger partial charge in [-0.15, -0.1) is 84.7 Å². The van der Waals surface area contributed by atoms with Gasteiger partial charge in [-0.3, -0.25) is 9.59 Å². The number of aliphatic hydroxyl groups excluding tert-OH is 1. The topological polar surface area (TPSA) is 349 Å². The minimum Gasteiger partial charge on any atom is -0.870 e. The number of carboxylic acids is 2. The van der Waals surface area contributed by atoms with E-state index in [1.807, 2.05) is 6.07 Å². The van der Waals surface area contributed by atoms with Crippen molar-refractivity contribution in [3.63, 3.8) is 0 Å². The summed E-state index contributed by atoms with van der Waals surface area (Å²) in [7, 11) is 0. The summed E-state index contributed by atoms with van der Waals surface area (Å²) in [6.07, 6.45) is -21.4. The number of hydrogen-bond donors (Lipinski definition) is 3. The minimum absolute atomic E-state index is 0. The monoisotopic (exact) mass is 1850 g/mol. The Morgan fingerprint density at radius 3 is 0.941 bits per heavy atom. The Bertz CT molecular complexity index is 4540. The predicted octanol–water partition coefficient (Wildman–Crippen LogP) is 14.6. The third kappa shape index (κ3) is 27.4. The maximum Gasteiger partial charge on any atom is 1.00 e. The van der Waals surface area contributed by atoms with Crippen molar-refractivity contribution in [2.45, 2.75) is 162 Å². The number of carboxylic acid groups (broad SMARTS) is 2. The fourth-order valence-corrected chi connectivity index (χ4v) is 10.7. The van der Waals surface area contributed by atoms with E-state index < -0.39 is 77.5 Å². The molecule has 0 saturated heterocycles. The van der Waals surface area contributed by atoms with Gasteiger partial charge in [0.25, 0.3) is 0 Å². The van der Waals surface area contributed by atoms with Crippen molar-refractivity contribution >= 4 is 67.9 Å². The van der Waals surface area contributed by atoms with Gasteiger partial charge in [0.05, 0.1) is 47.0 Å². The van der Waals surface area contributed by atoms with Crippen LogP contribution in [0.1, 0.15) is 127 Å². The number of rotatable bonds is 10. The predicted molar refractivity (Wildman–Crippen MR) is 386 cm³/mol. The molecule has 3 saturated carbocycles. The molecule has 0 radical (unpaired) electrons. The summed E-state index contributed by atoms with van der Waals surface area (Å²) < 4.78 is 236. The van der Waals surface area contributed by atoms with Gasteiger partial charge in [-0.25, -0.2) is 4.79 Å². The number of aliphatic hydroxyl groups is 1. The van der Waals surface area contributed by atoms with Crippen LogP contribution in [-0.2, 0) is 44.7 Å². The number of carbonyl (C=O) groups excluding carboxylic acids is 1. The van der Waals surface area contributed by atoms with Gasteiger partial charge in [-0.1, -0.05) is 96.9 Å². The number of benzene rings is 7. The van der Waals surface area contributed by atoms with Crippen LogP contribution in [0.2, 0.25) is 0 Å². The number of aromatic carboxylic acids is 1. The number of halogens is 18. The van der Waals surface area contributed by atoms with E-state index in [0.717, 1.165) is 41.9 Å². The summed E-state index contributed by atoms with van der Waals surface area (Å²) in [5.41, 5.74) is 1.32. The summed E-state index contributed by atoms with van der Waals surface area (Å²) in [6.45, 7) is -0.220. The number of carbonyl (C=O) groups is 3. The van der Waals surface area contributed by atoms with Crippen LogP contribution in [0.4, 0.5) is 61.5 Å². The van der Waals surface area contributed by atoms with Crippen molar-refractivity contribution in [2.24, 2.45) is 0 Å². The third-order valence-corrected chi connectivity index (χ3v) is 17.6. The van der Waals surface area contributed by atoms with Crippen LogP contribution in [0.25, 0.3) is 0 Å². The molecule has 24 nitrogen and oxygen atoms in total. The first kappa shape index (κ1) is 110. The summed E-state index contributed by atoms with van der Waals surface area (Å²) in [6, 6.07) is 33.2. The second kappa shape index (κ2) is 43.1. The molecule has 7 heterocycles. The van der Waals surface area contributed by atoms with Crippen molar-refractivity contribution in [1.82, 2.24) is 0 Å². The molecule has 7 aliphatic heterocycles. The maximum atomic E-state index is 12.8. The quantitative estimate of drug-likeness (QED) is 0.0495. The van der Waals surface area contributed by atoms with Crippen molar-refractivity contribution in [3.05, 3.63) is 166 Å². The van der Waals surface area contributed by atoms with Crippen LogP contribution in [0.3, 0.4) is 0 Å². The summed E-state index contributed by atoms with van der Waals surface area (Å²) in [5, 5.41) is 44.2. The van der Waals surface area contributed by atoms with Gasteiger partial charge in [-0.2, -0.15) is 10.5 Å². The summed E-state index contributed by atoms with van der Waals surface area (Å²) in [5.74, 6) is -1.90. The standard InChI is InChI=1S/C11H7ClF2O3.C11H7F2NO2.C11H8F2O4.C9H5F2NO2.C8H5ClF2O2.C8H4F2O4.C8H6F2O3.C2H4BrCl.6CH4.K.Na.2H2O/c12-9(15)10(3-4-10)6-1-2-7-8(5-6)17-11(13,14)16-7;12-11(13)15-8-2-1-7(5-9(8)16-11)10(6-14)3-4-10;12-11(13)16-7-2-1-6(5-8(7)17-11)10(3-4-10)9(14)15;10-9(11)13-7-2-1-6(3-4-12)5-8(7)14-9;9-4-5-1-2-6-7(3-5)13-8(10,11)12-6;9-8(10)13-5-2-1-4(7(11)12)3-6(5)14-8;9-8(10)12-6-2-1-5(4-11)3-7(6)13-8;3-1-2-4;;;;;;;;;;/h1-2,5H,3-4H2;1-2,5H,3-4H2;1-2,5H,3-4H2,(H,14,15);1-2,5H,3H2;1-3H,4H2;1-3H,(H,11,12);1-3,11H,4H2;1-2H2;6*1H4;;;2*1H2/q;;;;;;;;;;;;;;2*+1;;/p-2. The molecular weight excluding hydrogens is 1780 g/mol. The molecule has 0 atom stereocenters.